The first-order chi connectivity index (χ1) is 13.0. The van der Waals surface area contributed by atoms with Gasteiger partial charge in [-0.25, -0.2) is 0 Å². The molecule has 1 aliphatic heterocycles. The molecule has 0 saturated carbocycles. The Morgan fingerprint density at radius 3 is 2.52 bits per heavy atom. The van der Waals surface area contributed by atoms with Crippen LogP contribution in [-0.4, -0.2) is 36.9 Å². The van der Waals surface area contributed by atoms with E-state index in [0.29, 0.717) is 11.3 Å². The van der Waals surface area contributed by atoms with Crippen LogP contribution in [0.25, 0.3) is 0 Å². The van der Waals surface area contributed by atoms with Crippen molar-refractivity contribution in [3.8, 4) is 0 Å². The normalized spacial score (nSPS) is 18.5. The fourth-order valence-corrected chi connectivity index (χ4v) is 3.50. The molecule has 142 valence electrons. The van der Waals surface area contributed by atoms with Crippen molar-refractivity contribution in [2.75, 3.05) is 25.5 Å². The molecule has 2 aromatic carbocycles. The van der Waals surface area contributed by atoms with Crippen molar-refractivity contribution in [1.29, 1.82) is 0 Å². The molecule has 0 aliphatic carbocycles. The van der Waals surface area contributed by atoms with Crippen LogP contribution in [0.3, 0.4) is 0 Å². The molecular formula is C22H27N3O2. The minimum Gasteiger partial charge on any atom is -0.345 e. The Labute approximate surface area is 160 Å². The second-order valence-electron chi connectivity index (χ2n) is 7.24. The molecule has 2 aromatic rings. The fraction of sp³-hybridized carbons (Fsp3) is 0.364. The molecule has 0 bridgehead atoms. The highest BCUT2D eigenvalue weighted by atomic mass is 16.2. The standard InChI is InChI=1S/C22H27N3O2/c1-16(17-9-4-3-5-10-17)23-22(27)19-12-6-7-13-20(19)24-21(26)18-11-8-14-25(2)15-18/h3-7,9-10,12-13,16,18H,8,11,14-15H2,1-2H3,(H,23,27)(H,24,26). The predicted octanol–water partition coefficient (Wildman–Crippen LogP) is 3.46. The molecular weight excluding hydrogens is 338 g/mol. The number of hydrogen-bond donors (Lipinski definition) is 2. The van der Waals surface area contributed by atoms with E-state index in [-0.39, 0.29) is 23.8 Å². The number of likely N-dealkylation sites (tertiary alicyclic amines) is 1. The summed E-state index contributed by atoms with van der Waals surface area (Å²) in [5, 5.41) is 5.98. The van der Waals surface area contributed by atoms with Crippen molar-refractivity contribution in [3.05, 3.63) is 65.7 Å². The monoisotopic (exact) mass is 365 g/mol. The number of piperidine rings is 1. The summed E-state index contributed by atoms with van der Waals surface area (Å²) in [6.07, 6.45) is 1.90. The Morgan fingerprint density at radius 2 is 1.78 bits per heavy atom. The van der Waals surface area contributed by atoms with Crippen LogP contribution in [0.1, 0.15) is 41.7 Å². The zero-order valence-corrected chi connectivity index (χ0v) is 15.9. The highest BCUT2D eigenvalue weighted by Crippen LogP contribution is 2.21. The van der Waals surface area contributed by atoms with Crippen LogP contribution in [0.4, 0.5) is 5.69 Å². The molecule has 1 heterocycles. The Bertz CT molecular complexity index is 791. The Morgan fingerprint density at radius 1 is 1.07 bits per heavy atom. The third-order valence-electron chi connectivity index (χ3n) is 5.07. The summed E-state index contributed by atoms with van der Waals surface area (Å²) in [6.45, 7) is 3.73. The average Bonchev–Trinajstić information content (AvgIpc) is 2.69. The number of hydrogen-bond acceptors (Lipinski definition) is 3. The van der Waals surface area contributed by atoms with Gasteiger partial charge in [-0.2, -0.15) is 0 Å². The number of para-hydroxylation sites is 1. The van der Waals surface area contributed by atoms with Crippen molar-refractivity contribution in [2.45, 2.75) is 25.8 Å². The number of nitrogens with zero attached hydrogens (tertiary/aromatic N) is 1. The van der Waals surface area contributed by atoms with Gasteiger partial charge in [0.15, 0.2) is 0 Å². The van der Waals surface area contributed by atoms with Crippen molar-refractivity contribution in [3.63, 3.8) is 0 Å². The second-order valence-corrected chi connectivity index (χ2v) is 7.24. The fourth-order valence-electron chi connectivity index (χ4n) is 3.50. The van der Waals surface area contributed by atoms with Crippen LogP contribution < -0.4 is 10.6 Å². The van der Waals surface area contributed by atoms with E-state index >= 15 is 0 Å². The maximum atomic E-state index is 12.8. The Balaban J connectivity index is 1.69. The van der Waals surface area contributed by atoms with Gasteiger partial charge in [-0.05, 0) is 51.1 Å². The van der Waals surface area contributed by atoms with Crippen LogP contribution >= 0.6 is 0 Å². The molecule has 3 rings (SSSR count). The molecule has 2 unspecified atom stereocenters. The van der Waals surface area contributed by atoms with Gasteiger partial charge in [0, 0.05) is 6.54 Å². The molecule has 1 aliphatic rings. The van der Waals surface area contributed by atoms with E-state index in [9.17, 15) is 9.59 Å². The maximum absolute atomic E-state index is 12.8. The third kappa shape index (κ3) is 4.95. The zero-order valence-electron chi connectivity index (χ0n) is 15.9. The van der Waals surface area contributed by atoms with E-state index in [0.717, 1.165) is 31.5 Å². The molecule has 0 aromatic heterocycles. The lowest BCUT2D eigenvalue weighted by atomic mass is 9.97. The van der Waals surface area contributed by atoms with Crippen LogP contribution in [-0.2, 0) is 4.79 Å². The summed E-state index contributed by atoms with van der Waals surface area (Å²) in [4.78, 5) is 27.6. The molecule has 2 N–H and O–H groups in total. The Kier molecular flexibility index (Phi) is 6.24. The SMILES string of the molecule is CC(NC(=O)c1ccccc1NC(=O)C1CCCN(C)C1)c1ccccc1. The van der Waals surface area contributed by atoms with Gasteiger partial charge in [-0.1, -0.05) is 42.5 Å². The molecule has 1 fully saturated rings. The van der Waals surface area contributed by atoms with Gasteiger partial charge < -0.3 is 15.5 Å². The first-order valence-electron chi connectivity index (χ1n) is 9.49. The van der Waals surface area contributed by atoms with Gasteiger partial charge in [0.25, 0.3) is 5.91 Å². The van der Waals surface area contributed by atoms with E-state index in [1.54, 1.807) is 12.1 Å². The van der Waals surface area contributed by atoms with E-state index < -0.39 is 0 Å². The smallest absolute Gasteiger partial charge is 0.253 e. The summed E-state index contributed by atoms with van der Waals surface area (Å²) in [6, 6.07) is 16.9. The number of amides is 2. The molecule has 2 amide bonds. The zero-order chi connectivity index (χ0) is 19.2. The van der Waals surface area contributed by atoms with Gasteiger partial charge in [0.1, 0.15) is 0 Å². The number of carbonyl (C=O) groups is 2. The van der Waals surface area contributed by atoms with Crippen molar-refractivity contribution in [2.24, 2.45) is 5.92 Å². The van der Waals surface area contributed by atoms with Crippen LogP contribution in [0.15, 0.2) is 54.6 Å². The van der Waals surface area contributed by atoms with Crippen LogP contribution in [0.5, 0.6) is 0 Å². The highest BCUT2D eigenvalue weighted by Gasteiger charge is 2.25. The summed E-state index contributed by atoms with van der Waals surface area (Å²) in [5.41, 5.74) is 2.09. The first kappa shape index (κ1) is 19.1. The lowest BCUT2D eigenvalue weighted by Gasteiger charge is -2.29. The number of benzene rings is 2. The van der Waals surface area contributed by atoms with E-state index in [2.05, 4.69) is 15.5 Å². The summed E-state index contributed by atoms with van der Waals surface area (Å²) >= 11 is 0. The largest absolute Gasteiger partial charge is 0.345 e. The number of nitrogens with one attached hydrogen (secondary N) is 2. The number of rotatable bonds is 5. The lowest BCUT2D eigenvalue weighted by molar-refractivity contribution is -0.121. The molecule has 27 heavy (non-hydrogen) atoms. The molecule has 1 saturated heterocycles. The van der Waals surface area contributed by atoms with Gasteiger partial charge in [-0.3, -0.25) is 9.59 Å². The molecule has 5 heteroatoms. The average molecular weight is 365 g/mol. The number of anilines is 1. The van der Waals surface area contributed by atoms with Crippen LogP contribution in [0, 0.1) is 5.92 Å². The van der Waals surface area contributed by atoms with Crippen molar-refractivity contribution < 1.29 is 9.59 Å². The molecule has 5 nitrogen and oxygen atoms in total. The maximum Gasteiger partial charge on any atom is 0.253 e. The van der Waals surface area contributed by atoms with Gasteiger partial charge >= 0.3 is 0 Å². The summed E-state index contributed by atoms with van der Waals surface area (Å²) in [7, 11) is 2.03. The van der Waals surface area contributed by atoms with Gasteiger partial charge in [-0.15, -0.1) is 0 Å². The van der Waals surface area contributed by atoms with Gasteiger partial charge in [0.2, 0.25) is 5.91 Å². The summed E-state index contributed by atoms with van der Waals surface area (Å²) in [5.74, 6) is -0.246. The van der Waals surface area contributed by atoms with E-state index in [1.165, 1.54) is 0 Å². The second kappa shape index (κ2) is 8.82. The molecule has 2 atom stereocenters. The molecule has 0 radical (unpaired) electrons. The predicted molar refractivity (Wildman–Crippen MR) is 108 cm³/mol. The quantitative estimate of drug-likeness (QED) is 0.853. The van der Waals surface area contributed by atoms with E-state index in [4.69, 9.17) is 0 Å². The minimum atomic E-state index is -0.192. The lowest BCUT2D eigenvalue weighted by Crippen LogP contribution is -2.38. The van der Waals surface area contributed by atoms with E-state index in [1.807, 2.05) is 56.4 Å². The highest BCUT2D eigenvalue weighted by molar-refractivity contribution is 6.04. The Hall–Kier alpha value is -2.66. The van der Waals surface area contributed by atoms with Crippen LogP contribution in [0.2, 0.25) is 0 Å². The van der Waals surface area contributed by atoms with Gasteiger partial charge in [0.05, 0.1) is 23.2 Å². The summed E-state index contributed by atoms with van der Waals surface area (Å²) < 4.78 is 0. The minimum absolute atomic E-state index is 0.0158. The number of carbonyl (C=O) groups excluding carboxylic acids is 2. The topological polar surface area (TPSA) is 61.4 Å². The molecule has 0 spiro atoms. The van der Waals surface area contributed by atoms with Crippen molar-refractivity contribution in [1.82, 2.24) is 10.2 Å². The van der Waals surface area contributed by atoms with Crippen molar-refractivity contribution >= 4 is 17.5 Å². The third-order valence-corrected chi connectivity index (χ3v) is 5.07. The first-order valence-corrected chi connectivity index (χ1v) is 9.49.